The van der Waals surface area contributed by atoms with Crippen molar-refractivity contribution in [2.45, 2.75) is 98.5 Å². The average molecular weight is 472 g/mol. The molecule has 3 amide bonds. The second-order valence-electron chi connectivity index (χ2n) is 11.1. The van der Waals surface area contributed by atoms with Gasteiger partial charge in [0.2, 0.25) is 11.8 Å². The van der Waals surface area contributed by atoms with Crippen LogP contribution in [-0.4, -0.2) is 46.0 Å². The van der Waals surface area contributed by atoms with Crippen molar-refractivity contribution in [3.8, 4) is 12.3 Å². The molecule has 0 aromatic heterocycles. The van der Waals surface area contributed by atoms with E-state index in [4.69, 9.17) is 11.2 Å². The highest BCUT2D eigenvalue weighted by molar-refractivity contribution is 5.93. The number of benzene rings is 1. The molecule has 0 aliphatic carbocycles. The lowest BCUT2D eigenvalue weighted by molar-refractivity contribution is -0.149. The van der Waals surface area contributed by atoms with Crippen LogP contribution in [0.25, 0.3) is 0 Å². The van der Waals surface area contributed by atoms with Crippen LogP contribution in [0.4, 0.5) is 4.79 Å². The first-order chi connectivity index (χ1) is 15.5. The van der Waals surface area contributed by atoms with Gasteiger partial charge >= 0.3 is 6.09 Å². The number of nitrogens with zero attached hydrogens (tertiary/aromatic N) is 1. The smallest absolute Gasteiger partial charge is 0.408 e. The molecular weight excluding hydrogens is 430 g/mol. The third-order valence-corrected chi connectivity index (χ3v) is 4.90. The Balaban J connectivity index is 3.55. The number of hydrogen-bond donors (Lipinski definition) is 2. The van der Waals surface area contributed by atoms with Crippen LogP contribution in [0.3, 0.4) is 0 Å². The number of nitrogens with one attached hydrogen (secondary N) is 2. The summed E-state index contributed by atoms with van der Waals surface area (Å²) in [5.74, 6) is 1.63. The van der Waals surface area contributed by atoms with Gasteiger partial charge in [-0.15, -0.1) is 6.42 Å². The molecule has 0 saturated heterocycles. The molecule has 1 rings (SSSR count). The van der Waals surface area contributed by atoms with Crippen LogP contribution < -0.4 is 10.6 Å². The SMILES string of the molecule is C#Cc1ccc(C(C(=O)NC(C)C)N(C(=O)C(NC(=O)OC(C)(C)C)C(C)C)C(C)(C)C)cc1. The molecule has 0 heterocycles. The number of ether oxygens (including phenoxy) is 1. The van der Waals surface area contributed by atoms with Crippen molar-refractivity contribution in [2.75, 3.05) is 0 Å². The molecule has 34 heavy (non-hydrogen) atoms. The van der Waals surface area contributed by atoms with E-state index in [0.29, 0.717) is 11.1 Å². The second-order valence-corrected chi connectivity index (χ2v) is 11.1. The lowest BCUT2D eigenvalue weighted by atomic mass is 9.92. The molecular formula is C27H41N3O4. The molecule has 0 radical (unpaired) electrons. The predicted molar refractivity (Wildman–Crippen MR) is 135 cm³/mol. The molecule has 1 aromatic carbocycles. The minimum Gasteiger partial charge on any atom is -0.444 e. The molecule has 1 aromatic rings. The summed E-state index contributed by atoms with van der Waals surface area (Å²) in [6.07, 6.45) is 4.81. The van der Waals surface area contributed by atoms with E-state index in [9.17, 15) is 14.4 Å². The summed E-state index contributed by atoms with van der Waals surface area (Å²) in [5, 5.41) is 5.65. The Morgan fingerprint density at radius 2 is 1.47 bits per heavy atom. The summed E-state index contributed by atoms with van der Waals surface area (Å²) >= 11 is 0. The van der Waals surface area contributed by atoms with Crippen LogP contribution in [0, 0.1) is 18.3 Å². The van der Waals surface area contributed by atoms with Gasteiger partial charge in [0.1, 0.15) is 17.7 Å². The summed E-state index contributed by atoms with van der Waals surface area (Å²) in [4.78, 5) is 41.5. The average Bonchev–Trinajstić information content (AvgIpc) is 2.66. The highest BCUT2D eigenvalue weighted by atomic mass is 16.6. The summed E-state index contributed by atoms with van der Waals surface area (Å²) < 4.78 is 5.39. The first-order valence-electron chi connectivity index (χ1n) is 11.7. The number of alkyl carbamates (subject to hydrolysis) is 1. The Morgan fingerprint density at radius 3 is 1.85 bits per heavy atom. The minimum atomic E-state index is -0.927. The van der Waals surface area contributed by atoms with Crippen molar-refractivity contribution >= 4 is 17.9 Å². The maximum absolute atomic E-state index is 14.0. The summed E-state index contributed by atoms with van der Waals surface area (Å²) in [5.41, 5.74) is -0.160. The maximum atomic E-state index is 14.0. The van der Waals surface area contributed by atoms with Gasteiger partial charge in [-0.1, -0.05) is 31.9 Å². The van der Waals surface area contributed by atoms with Gasteiger partial charge in [-0.25, -0.2) is 4.79 Å². The van der Waals surface area contributed by atoms with E-state index in [1.165, 1.54) is 4.90 Å². The van der Waals surface area contributed by atoms with Crippen molar-refractivity contribution in [1.82, 2.24) is 15.5 Å². The number of terminal acetylenes is 1. The van der Waals surface area contributed by atoms with Gasteiger partial charge in [0.25, 0.3) is 0 Å². The molecule has 2 atom stereocenters. The molecule has 0 spiro atoms. The molecule has 7 heteroatoms. The van der Waals surface area contributed by atoms with E-state index < -0.39 is 29.3 Å². The first-order valence-corrected chi connectivity index (χ1v) is 11.7. The number of carbonyl (C=O) groups excluding carboxylic acids is 3. The standard InChI is InChI=1S/C27H41N3O4/c1-12-19-13-15-20(16-14-19)22(23(31)28-18(4)5)30(26(6,7)8)24(32)21(17(2)3)29-25(33)34-27(9,10)11/h1,13-18,21-22H,2-11H3,(H,28,31)(H,29,33). The molecule has 2 N–H and O–H groups in total. The molecule has 0 fully saturated rings. The van der Waals surface area contributed by atoms with Crippen molar-refractivity contribution < 1.29 is 19.1 Å². The Hall–Kier alpha value is -3.01. The first kappa shape index (κ1) is 29.0. The largest absolute Gasteiger partial charge is 0.444 e. The van der Waals surface area contributed by atoms with E-state index in [0.717, 1.165) is 0 Å². The Kier molecular flexibility index (Phi) is 9.74. The maximum Gasteiger partial charge on any atom is 0.408 e. The topological polar surface area (TPSA) is 87.7 Å². The summed E-state index contributed by atoms with van der Waals surface area (Å²) in [7, 11) is 0. The van der Waals surface area contributed by atoms with Crippen LogP contribution in [0.2, 0.25) is 0 Å². The van der Waals surface area contributed by atoms with Gasteiger partial charge in [0.15, 0.2) is 0 Å². The van der Waals surface area contributed by atoms with Crippen molar-refractivity contribution in [3.63, 3.8) is 0 Å². The molecule has 0 bridgehead atoms. The second kappa shape index (κ2) is 11.4. The van der Waals surface area contributed by atoms with E-state index in [1.807, 2.05) is 48.5 Å². The minimum absolute atomic E-state index is 0.127. The summed E-state index contributed by atoms with van der Waals surface area (Å²) in [6.45, 7) is 18.3. The van der Waals surface area contributed by atoms with Crippen LogP contribution in [-0.2, 0) is 14.3 Å². The molecule has 0 aliphatic rings. The van der Waals surface area contributed by atoms with Crippen LogP contribution in [0.15, 0.2) is 24.3 Å². The van der Waals surface area contributed by atoms with Gasteiger partial charge in [0.05, 0.1) is 0 Å². The fraction of sp³-hybridized carbons (Fsp3) is 0.593. The Bertz CT molecular complexity index is 900. The fourth-order valence-corrected chi connectivity index (χ4v) is 3.49. The zero-order chi connectivity index (χ0) is 26.4. The lowest BCUT2D eigenvalue weighted by Gasteiger charge is -2.43. The van der Waals surface area contributed by atoms with E-state index in [-0.39, 0.29) is 23.8 Å². The normalized spacial score (nSPS) is 13.6. The number of rotatable bonds is 7. The third-order valence-electron chi connectivity index (χ3n) is 4.90. The van der Waals surface area contributed by atoms with E-state index in [1.54, 1.807) is 45.0 Å². The lowest BCUT2D eigenvalue weighted by Crippen LogP contribution is -2.60. The predicted octanol–water partition coefficient (Wildman–Crippen LogP) is 4.41. The van der Waals surface area contributed by atoms with Gasteiger partial charge in [0, 0.05) is 17.1 Å². The van der Waals surface area contributed by atoms with Crippen LogP contribution >= 0.6 is 0 Å². The van der Waals surface area contributed by atoms with E-state index >= 15 is 0 Å². The van der Waals surface area contributed by atoms with Crippen molar-refractivity contribution in [2.24, 2.45) is 5.92 Å². The Morgan fingerprint density at radius 1 is 0.941 bits per heavy atom. The van der Waals surface area contributed by atoms with Crippen molar-refractivity contribution in [1.29, 1.82) is 0 Å². The number of carbonyl (C=O) groups is 3. The number of hydrogen-bond acceptors (Lipinski definition) is 4. The Labute approximate surface area is 205 Å². The highest BCUT2D eigenvalue weighted by Crippen LogP contribution is 2.31. The zero-order valence-electron chi connectivity index (χ0n) is 22.3. The van der Waals surface area contributed by atoms with Crippen molar-refractivity contribution in [3.05, 3.63) is 35.4 Å². The third kappa shape index (κ3) is 8.40. The van der Waals surface area contributed by atoms with Gasteiger partial charge in [-0.3, -0.25) is 9.59 Å². The van der Waals surface area contributed by atoms with Gasteiger partial charge in [-0.2, -0.15) is 0 Å². The quantitative estimate of drug-likeness (QED) is 0.577. The molecule has 7 nitrogen and oxygen atoms in total. The van der Waals surface area contributed by atoms with E-state index in [2.05, 4.69) is 16.6 Å². The fourth-order valence-electron chi connectivity index (χ4n) is 3.49. The highest BCUT2D eigenvalue weighted by Gasteiger charge is 2.42. The zero-order valence-corrected chi connectivity index (χ0v) is 22.3. The molecule has 2 unspecified atom stereocenters. The van der Waals surface area contributed by atoms with Crippen LogP contribution in [0.1, 0.15) is 86.4 Å². The van der Waals surface area contributed by atoms with Crippen LogP contribution in [0.5, 0.6) is 0 Å². The van der Waals surface area contributed by atoms with Gasteiger partial charge in [-0.05, 0) is 79.0 Å². The molecule has 0 aliphatic heterocycles. The number of amides is 3. The molecule has 188 valence electrons. The molecule has 0 saturated carbocycles. The summed E-state index contributed by atoms with van der Waals surface area (Å²) in [6, 6.07) is 5.06. The monoisotopic (exact) mass is 471 g/mol. The van der Waals surface area contributed by atoms with Gasteiger partial charge < -0.3 is 20.3 Å².